The largest absolute Gasteiger partial charge is 0.481 e. The third-order valence-electron chi connectivity index (χ3n) is 10.2. The Kier molecular flexibility index (Phi) is 18.8. The molecule has 0 bridgehead atoms. The van der Waals surface area contributed by atoms with Crippen LogP contribution in [0, 0.1) is 23.7 Å². The lowest BCUT2D eigenvalue weighted by Crippen LogP contribution is -2.41. The van der Waals surface area contributed by atoms with Crippen molar-refractivity contribution in [1.29, 1.82) is 0 Å². The molecule has 6 atom stereocenters. The van der Waals surface area contributed by atoms with Gasteiger partial charge in [0.15, 0.2) is 0 Å². The van der Waals surface area contributed by atoms with Gasteiger partial charge in [-0.1, -0.05) is 111 Å². The van der Waals surface area contributed by atoms with Crippen molar-refractivity contribution in [2.75, 3.05) is 19.6 Å². The minimum atomic E-state index is -0.880. The lowest BCUT2D eigenvalue weighted by Gasteiger charge is -2.29. The maximum absolute atomic E-state index is 12.8. The molecule has 0 heterocycles. The lowest BCUT2D eigenvalue weighted by atomic mass is 9.78. The number of esters is 2. The lowest BCUT2D eigenvalue weighted by molar-refractivity contribution is -0.157. The molecule has 1 unspecified atom stereocenters. The van der Waals surface area contributed by atoms with E-state index in [-0.39, 0.29) is 47.1 Å². The number of fused-ring (bicyclic) bond motifs is 2. The van der Waals surface area contributed by atoms with Crippen LogP contribution in [0.25, 0.3) is 21.5 Å². The van der Waals surface area contributed by atoms with Crippen LogP contribution in [-0.4, -0.2) is 48.5 Å². The van der Waals surface area contributed by atoms with Crippen molar-refractivity contribution in [3.63, 3.8) is 0 Å². The van der Waals surface area contributed by atoms with Gasteiger partial charge < -0.3 is 25.6 Å². The second-order valence-electron chi connectivity index (χ2n) is 13.6. The normalized spacial score (nSPS) is 20.2. The highest BCUT2D eigenvalue weighted by atomic mass is 35.5. The first kappa shape index (κ1) is 44.2. The van der Waals surface area contributed by atoms with Crippen LogP contribution in [0.5, 0.6) is 0 Å². The van der Waals surface area contributed by atoms with Gasteiger partial charge >= 0.3 is 17.9 Å². The van der Waals surface area contributed by atoms with Crippen molar-refractivity contribution in [1.82, 2.24) is 5.32 Å². The number of carboxylic acid groups (broad SMARTS) is 1. The van der Waals surface area contributed by atoms with E-state index in [2.05, 4.69) is 58.6 Å². The molecule has 54 heavy (non-hydrogen) atoms. The molecule has 0 radical (unpaired) electrons. The average Bonchev–Trinajstić information content (AvgIpc) is 3.20. The molecule has 0 spiro atoms. The van der Waals surface area contributed by atoms with Gasteiger partial charge in [-0.25, -0.2) is 0 Å². The average molecular weight is 782 g/mol. The van der Waals surface area contributed by atoms with Crippen LogP contribution in [0.15, 0.2) is 84.9 Å². The first-order chi connectivity index (χ1) is 26.0. The second-order valence-corrected chi connectivity index (χ2v) is 14.4. The first-order valence-electron chi connectivity index (χ1n) is 18.5. The van der Waals surface area contributed by atoms with E-state index >= 15 is 0 Å². The summed E-state index contributed by atoms with van der Waals surface area (Å²) in [5.74, 6) is -3.16. The van der Waals surface area contributed by atoms with E-state index in [9.17, 15) is 19.2 Å². The van der Waals surface area contributed by atoms with E-state index in [0.29, 0.717) is 12.8 Å². The van der Waals surface area contributed by atoms with Crippen LogP contribution in [-0.2, 0) is 28.7 Å². The first-order valence-corrected chi connectivity index (χ1v) is 19.6. The van der Waals surface area contributed by atoms with Crippen LogP contribution in [0.1, 0.15) is 88.4 Å². The summed E-state index contributed by atoms with van der Waals surface area (Å²) in [6.07, 6.45) is 6.48. The molecule has 2 aliphatic carbocycles. The van der Waals surface area contributed by atoms with Crippen molar-refractivity contribution in [2.24, 2.45) is 29.4 Å². The van der Waals surface area contributed by atoms with Crippen LogP contribution < -0.4 is 11.1 Å². The maximum atomic E-state index is 12.8. The van der Waals surface area contributed by atoms with Gasteiger partial charge in [-0.15, -0.1) is 23.2 Å². The topological polar surface area (TPSA) is 145 Å². The summed E-state index contributed by atoms with van der Waals surface area (Å²) in [6.45, 7) is 4.01. The molecule has 4 N–H and O–H groups in total. The van der Waals surface area contributed by atoms with E-state index in [4.69, 9.17) is 38.8 Å². The predicted octanol–water partition coefficient (Wildman–Crippen LogP) is 9.33. The number of hydrogen-bond donors (Lipinski definition) is 3. The fourth-order valence-corrected chi connectivity index (χ4v) is 7.41. The van der Waals surface area contributed by atoms with Gasteiger partial charge in [-0.3, -0.25) is 19.2 Å². The standard InChI is InChI=1S/C21H25NO3.C12H13N.C9H14O4.CH2Cl2/c1-14(16-13-7-9-15-8-3-4-10-17(15)16)22-20(23)18-11-5-6-12-19(18)21(24)25-2;1-9(13)11-8-4-6-10-5-2-3-7-12(10)11;1-13-9(12)7-5-3-2-4-6(7)8(10)11;2-1-3/h3-4,7-10,13-14,18-19H,5-6,11-12H2,1-2H3,(H,22,23);2-9H,13H2,1H3;6-7H,2-5H2,1H3,(H,10,11);1H2/t14?,18-,19+;9-;6-,7+;/m010./s1. The van der Waals surface area contributed by atoms with Crippen molar-refractivity contribution in [2.45, 2.75) is 77.3 Å². The van der Waals surface area contributed by atoms with E-state index in [1.165, 1.54) is 30.6 Å². The molecule has 0 saturated heterocycles. The molecule has 1 amide bonds. The molecule has 292 valence electrons. The van der Waals surface area contributed by atoms with Crippen molar-refractivity contribution < 1.29 is 33.8 Å². The number of carboxylic acids is 1. The highest BCUT2D eigenvalue weighted by Gasteiger charge is 2.37. The molecule has 4 aromatic carbocycles. The molecule has 2 aliphatic rings. The number of ether oxygens (including phenoxy) is 2. The molecule has 4 aromatic rings. The van der Waals surface area contributed by atoms with E-state index < -0.39 is 17.8 Å². The Morgan fingerprint density at radius 2 is 1.06 bits per heavy atom. The molecular formula is C43H54Cl2N2O7. The van der Waals surface area contributed by atoms with Gasteiger partial charge in [0, 0.05) is 6.04 Å². The molecule has 11 heteroatoms. The summed E-state index contributed by atoms with van der Waals surface area (Å²) in [6, 6.07) is 28.9. The summed E-state index contributed by atoms with van der Waals surface area (Å²) < 4.78 is 9.47. The number of benzene rings is 4. The van der Waals surface area contributed by atoms with Gasteiger partial charge in [-0.2, -0.15) is 0 Å². The Labute approximate surface area is 328 Å². The number of carbonyl (C=O) groups excluding carboxylic acids is 3. The number of carbonyl (C=O) groups is 4. The highest BCUT2D eigenvalue weighted by Crippen LogP contribution is 2.33. The Hall–Kier alpha value is -4.18. The summed E-state index contributed by atoms with van der Waals surface area (Å²) in [5, 5.41) is 17.0. The molecule has 6 rings (SSSR count). The minimum Gasteiger partial charge on any atom is -0.481 e. The van der Waals surface area contributed by atoms with Crippen molar-refractivity contribution in [3.05, 3.63) is 96.1 Å². The number of methoxy groups -OCH3 is 2. The zero-order chi connectivity index (χ0) is 39.6. The third kappa shape index (κ3) is 12.4. The van der Waals surface area contributed by atoms with E-state index in [0.717, 1.165) is 54.9 Å². The van der Waals surface area contributed by atoms with Crippen LogP contribution in [0.4, 0.5) is 0 Å². The second kappa shape index (κ2) is 22.9. The monoisotopic (exact) mass is 780 g/mol. The molecule has 2 saturated carbocycles. The smallest absolute Gasteiger partial charge is 0.309 e. The highest BCUT2D eigenvalue weighted by molar-refractivity contribution is 6.40. The number of hydrogen-bond acceptors (Lipinski definition) is 7. The predicted molar refractivity (Wildman–Crippen MR) is 216 cm³/mol. The van der Waals surface area contributed by atoms with Crippen LogP contribution >= 0.6 is 23.2 Å². The summed E-state index contributed by atoms with van der Waals surface area (Å²) >= 11 is 9.53. The molecule has 0 aromatic heterocycles. The number of amides is 1. The number of rotatable bonds is 7. The fraction of sp³-hybridized carbons (Fsp3) is 0.442. The summed E-state index contributed by atoms with van der Waals surface area (Å²) in [4.78, 5) is 46.8. The Morgan fingerprint density at radius 1 is 0.667 bits per heavy atom. The molecule has 9 nitrogen and oxygen atoms in total. The zero-order valence-electron chi connectivity index (χ0n) is 31.6. The molecule has 0 aliphatic heterocycles. The fourth-order valence-electron chi connectivity index (χ4n) is 7.41. The van der Waals surface area contributed by atoms with Gasteiger partial charge in [-0.05, 0) is 72.2 Å². The number of aliphatic carboxylic acids is 1. The quantitative estimate of drug-likeness (QED) is 0.124. The Balaban J connectivity index is 0.000000228. The minimum absolute atomic E-state index is 0.0458. The summed E-state index contributed by atoms with van der Waals surface area (Å²) in [5.41, 5.74) is 8.19. The third-order valence-corrected chi connectivity index (χ3v) is 10.2. The van der Waals surface area contributed by atoms with E-state index in [1.807, 2.05) is 50.2 Å². The van der Waals surface area contributed by atoms with Crippen LogP contribution in [0.3, 0.4) is 0 Å². The van der Waals surface area contributed by atoms with Crippen molar-refractivity contribution >= 4 is 68.6 Å². The summed E-state index contributed by atoms with van der Waals surface area (Å²) in [7, 11) is 2.69. The Morgan fingerprint density at radius 3 is 1.52 bits per heavy atom. The number of nitrogens with one attached hydrogen (secondary N) is 1. The van der Waals surface area contributed by atoms with Gasteiger partial charge in [0.2, 0.25) is 5.91 Å². The van der Waals surface area contributed by atoms with E-state index in [1.54, 1.807) is 0 Å². The van der Waals surface area contributed by atoms with Gasteiger partial charge in [0.05, 0.1) is 49.3 Å². The van der Waals surface area contributed by atoms with Gasteiger partial charge in [0.25, 0.3) is 0 Å². The zero-order valence-corrected chi connectivity index (χ0v) is 33.2. The Bertz CT molecular complexity index is 1810. The molecular weight excluding hydrogens is 727 g/mol. The van der Waals surface area contributed by atoms with Gasteiger partial charge in [0.1, 0.15) is 0 Å². The number of halogens is 2. The number of alkyl halides is 2. The maximum Gasteiger partial charge on any atom is 0.309 e. The molecule has 2 fully saturated rings. The van der Waals surface area contributed by atoms with Crippen molar-refractivity contribution in [3.8, 4) is 0 Å². The van der Waals surface area contributed by atoms with Crippen LogP contribution in [0.2, 0.25) is 0 Å². The number of nitrogens with two attached hydrogens (primary N) is 1. The SMILES string of the molecule is COC(=O)[C@@H]1CCCC[C@@H]1C(=O)NC(C)c1cccc2ccccc12.COC(=O)[C@@H]1CCCC[C@@H]1C(=O)O.C[C@@H](N)c1cccc2ccccc12.ClCCl.